The standard InChI is InChI=1S/C11H8F3O/c12-11(13,14)10-2-1-8-3-7(6-15)4-9(8)5-10/h1-2,5,7H,3-4H2. The largest absolute Gasteiger partial charge is 0.416 e. The van der Waals surface area contributed by atoms with E-state index >= 15 is 0 Å². The molecule has 4 heteroatoms. The molecule has 1 aromatic rings. The highest BCUT2D eigenvalue weighted by molar-refractivity contribution is 5.59. The van der Waals surface area contributed by atoms with Gasteiger partial charge in [0, 0.05) is 5.92 Å². The van der Waals surface area contributed by atoms with Gasteiger partial charge in [-0.25, -0.2) is 0 Å². The molecule has 0 spiro atoms. The monoisotopic (exact) mass is 213 g/mol. The SMILES string of the molecule is O=[C]C1Cc2ccc(C(F)(F)F)cc2C1. The fourth-order valence-corrected chi connectivity index (χ4v) is 1.88. The highest BCUT2D eigenvalue weighted by Crippen LogP contribution is 2.34. The smallest absolute Gasteiger partial charge is 0.291 e. The molecule has 79 valence electrons. The molecule has 1 atom stereocenters. The molecule has 0 saturated carbocycles. The molecule has 0 fully saturated rings. The number of alkyl halides is 3. The van der Waals surface area contributed by atoms with E-state index in [2.05, 4.69) is 0 Å². The number of benzene rings is 1. The van der Waals surface area contributed by atoms with Gasteiger partial charge >= 0.3 is 6.18 Å². The number of hydrogen-bond acceptors (Lipinski definition) is 1. The average molecular weight is 213 g/mol. The first-order valence-corrected chi connectivity index (χ1v) is 4.57. The third-order valence-corrected chi connectivity index (χ3v) is 2.63. The molecule has 1 aliphatic rings. The van der Waals surface area contributed by atoms with Crippen LogP contribution < -0.4 is 0 Å². The Hall–Kier alpha value is -1.32. The van der Waals surface area contributed by atoms with Crippen molar-refractivity contribution in [3.63, 3.8) is 0 Å². The Morgan fingerprint density at radius 3 is 2.47 bits per heavy atom. The van der Waals surface area contributed by atoms with Crippen molar-refractivity contribution in [1.82, 2.24) is 0 Å². The van der Waals surface area contributed by atoms with Gasteiger partial charge in [-0.2, -0.15) is 13.2 Å². The zero-order valence-electron chi connectivity index (χ0n) is 7.77. The predicted molar refractivity (Wildman–Crippen MR) is 48.0 cm³/mol. The average Bonchev–Trinajstić information content (AvgIpc) is 2.57. The molecule has 0 heterocycles. The first kappa shape index (κ1) is 10.2. The molecule has 1 radical (unpaired) electrons. The van der Waals surface area contributed by atoms with Crippen LogP contribution in [0.3, 0.4) is 0 Å². The Bertz CT molecular complexity index is 395. The molecular weight excluding hydrogens is 205 g/mol. The van der Waals surface area contributed by atoms with Crippen molar-refractivity contribution >= 4 is 6.29 Å². The van der Waals surface area contributed by atoms with E-state index in [4.69, 9.17) is 0 Å². The van der Waals surface area contributed by atoms with E-state index in [1.165, 1.54) is 6.07 Å². The molecular formula is C11H8F3O. The van der Waals surface area contributed by atoms with Crippen molar-refractivity contribution in [1.29, 1.82) is 0 Å². The summed E-state index contributed by atoms with van der Waals surface area (Å²) < 4.78 is 37.1. The van der Waals surface area contributed by atoms with E-state index < -0.39 is 11.7 Å². The molecule has 2 rings (SSSR count). The van der Waals surface area contributed by atoms with Gasteiger partial charge < -0.3 is 0 Å². The van der Waals surface area contributed by atoms with Crippen molar-refractivity contribution in [3.8, 4) is 0 Å². The summed E-state index contributed by atoms with van der Waals surface area (Å²) in [5.74, 6) is -0.275. The maximum atomic E-state index is 12.4. The number of carbonyl (C=O) groups excluding carboxylic acids is 1. The van der Waals surface area contributed by atoms with Crippen LogP contribution in [0.25, 0.3) is 0 Å². The van der Waals surface area contributed by atoms with Crippen LogP contribution in [0.1, 0.15) is 16.7 Å². The van der Waals surface area contributed by atoms with Crippen molar-refractivity contribution in [2.75, 3.05) is 0 Å². The molecule has 15 heavy (non-hydrogen) atoms. The minimum atomic E-state index is -4.31. The second kappa shape index (κ2) is 3.36. The van der Waals surface area contributed by atoms with Crippen molar-refractivity contribution in [2.24, 2.45) is 5.92 Å². The van der Waals surface area contributed by atoms with Crippen LogP contribution in [0.4, 0.5) is 13.2 Å². The van der Waals surface area contributed by atoms with E-state index in [0.29, 0.717) is 18.4 Å². The third kappa shape index (κ3) is 1.89. The molecule has 1 nitrogen and oxygen atoms in total. The van der Waals surface area contributed by atoms with E-state index in [9.17, 15) is 18.0 Å². The van der Waals surface area contributed by atoms with E-state index in [1.807, 2.05) is 6.29 Å². The molecule has 0 bridgehead atoms. The Kier molecular flexibility index (Phi) is 2.29. The number of hydrogen-bond donors (Lipinski definition) is 0. The highest BCUT2D eigenvalue weighted by atomic mass is 19.4. The molecule has 0 aliphatic heterocycles. The van der Waals surface area contributed by atoms with Gasteiger partial charge in [0.25, 0.3) is 0 Å². The predicted octanol–water partition coefficient (Wildman–Crippen LogP) is 2.53. The van der Waals surface area contributed by atoms with Crippen LogP contribution in [0.5, 0.6) is 0 Å². The Labute approximate surface area is 84.9 Å². The zero-order chi connectivity index (χ0) is 11.1. The highest BCUT2D eigenvalue weighted by Gasteiger charge is 2.32. The summed E-state index contributed by atoms with van der Waals surface area (Å²) in [5.41, 5.74) is 0.808. The fourth-order valence-electron chi connectivity index (χ4n) is 1.88. The molecule has 1 unspecified atom stereocenters. The first-order valence-electron chi connectivity index (χ1n) is 4.57. The quantitative estimate of drug-likeness (QED) is 0.700. The number of halogens is 3. The minimum absolute atomic E-state index is 0.275. The van der Waals surface area contributed by atoms with Crippen LogP contribution in [-0.2, 0) is 23.8 Å². The topological polar surface area (TPSA) is 17.1 Å². The van der Waals surface area contributed by atoms with Crippen molar-refractivity contribution in [3.05, 3.63) is 34.9 Å². The van der Waals surface area contributed by atoms with Crippen LogP contribution in [0.2, 0.25) is 0 Å². The van der Waals surface area contributed by atoms with Crippen LogP contribution in [-0.4, -0.2) is 6.29 Å². The lowest BCUT2D eigenvalue weighted by Gasteiger charge is -2.08. The molecule has 0 amide bonds. The second-order valence-corrected chi connectivity index (χ2v) is 3.70. The summed E-state index contributed by atoms with van der Waals surface area (Å²) in [6.45, 7) is 0. The van der Waals surface area contributed by atoms with Gasteiger partial charge in [0.2, 0.25) is 6.29 Å². The van der Waals surface area contributed by atoms with Gasteiger partial charge in [0.05, 0.1) is 5.56 Å². The zero-order valence-corrected chi connectivity index (χ0v) is 7.77. The Balaban J connectivity index is 2.34. The minimum Gasteiger partial charge on any atom is -0.291 e. The van der Waals surface area contributed by atoms with E-state index in [0.717, 1.165) is 17.7 Å². The van der Waals surface area contributed by atoms with Crippen molar-refractivity contribution in [2.45, 2.75) is 19.0 Å². The lowest BCUT2D eigenvalue weighted by atomic mass is 10.1. The summed E-state index contributed by atoms with van der Waals surface area (Å²) in [6, 6.07) is 3.65. The molecule has 0 saturated heterocycles. The molecule has 1 aliphatic carbocycles. The molecule has 0 aromatic heterocycles. The van der Waals surface area contributed by atoms with Crippen molar-refractivity contribution < 1.29 is 18.0 Å². The lowest BCUT2D eigenvalue weighted by Crippen LogP contribution is -2.05. The van der Waals surface area contributed by atoms with Crippen LogP contribution in [0, 0.1) is 5.92 Å². The van der Waals surface area contributed by atoms with Gasteiger partial charge in [-0.3, -0.25) is 4.79 Å². The van der Waals surface area contributed by atoms with Crippen LogP contribution >= 0.6 is 0 Å². The van der Waals surface area contributed by atoms with Gasteiger partial charge in [-0.05, 0) is 36.1 Å². The number of fused-ring (bicyclic) bond motifs is 1. The van der Waals surface area contributed by atoms with E-state index in [-0.39, 0.29) is 5.92 Å². The summed E-state index contributed by atoms with van der Waals surface area (Å²) in [5, 5.41) is 0. The summed E-state index contributed by atoms with van der Waals surface area (Å²) in [4.78, 5) is 10.4. The normalized spacial score (nSPS) is 20.1. The maximum Gasteiger partial charge on any atom is 0.416 e. The Morgan fingerprint density at radius 2 is 1.87 bits per heavy atom. The fraction of sp³-hybridized carbons (Fsp3) is 0.364. The molecule has 1 aromatic carbocycles. The summed E-state index contributed by atoms with van der Waals surface area (Å²) >= 11 is 0. The lowest BCUT2D eigenvalue weighted by molar-refractivity contribution is -0.137. The summed E-state index contributed by atoms with van der Waals surface area (Å²) in [7, 11) is 0. The van der Waals surface area contributed by atoms with Crippen LogP contribution in [0.15, 0.2) is 18.2 Å². The van der Waals surface area contributed by atoms with E-state index in [1.54, 1.807) is 0 Å². The molecule has 0 N–H and O–H groups in total. The van der Waals surface area contributed by atoms with Gasteiger partial charge in [-0.15, -0.1) is 0 Å². The second-order valence-electron chi connectivity index (χ2n) is 3.70. The third-order valence-electron chi connectivity index (χ3n) is 2.63. The summed E-state index contributed by atoms with van der Waals surface area (Å²) in [6.07, 6.45) is -1.58. The number of rotatable bonds is 1. The first-order chi connectivity index (χ1) is 7.00. The van der Waals surface area contributed by atoms with Gasteiger partial charge in [-0.1, -0.05) is 6.07 Å². The van der Waals surface area contributed by atoms with Gasteiger partial charge in [0.1, 0.15) is 0 Å². The maximum absolute atomic E-state index is 12.4. The Morgan fingerprint density at radius 1 is 1.20 bits per heavy atom. The van der Waals surface area contributed by atoms with Gasteiger partial charge in [0.15, 0.2) is 0 Å².